The van der Waals surface area contributed by atoms with Crippen molar-refractivity contribution in [2.75, 3.05) is 13.2 Å². The van der Waals surface area contributed by atoms with Crippen molar-refractivity contribution in [3.8, 4) is 0 Å². The molecule has 1 fully saturated rings. The summed E-state index contributed by atoms with van der Waals surface area (Å²) in [6, 6.07) is 0. The molecule has 2 heteroatoms. The minimum absolute atomic E-state index is 0.354. The fourth-order valence-corrected chi connectivity index (χ4v) is 0.879. The number of rotatable bonds is 3. The van der Waals surface area contributed by atoms with Gasteiger partial charge >= 0.3 is 0 Å². The predicted octanol–water partition coefficient (Wildman–Crippen LogP) is 1.44. The van der Waals surface area contributed by atoms with Gasteiger partial charge in [-0.15, -0.1) is 0 Å². The lowest BCUT2D eigenvalue weighted by atomic mass is 9.92. The maximum atomic E-state index is 9.69. The third-order valence-corrected chi connectivity index (χ3v) is 1.85. The minimum Gasteiger partial charge on any atom is -0.380 e. The molecule has 0 amide bonds. The zero-order valence-electron chi connectivity index (χ0n) is 7.34. The van der Waals surface area contributed by atoms with Gasteiger partial charge < -0.3 is 9.84 Å². The molecule has 1 heterocycles. The van der Waals surface area contributed by atoms with Gasteiger partial charge in [0.1, 0.15) is 5.60 Å². The van der Waals surface area contributed by atoms with Crippen molar-refractivity contribution in [2.45, 2.75) is 12.5 Å². The van der Waals surface area contributed by atoms with Gasteiger partial charge in [0.05, 0.1) is 13.2 Å². The van der Waals surface area contributed by atoms with Gasteiger partial charge in [0.15, 0.2) is 0 Å². The van der Waals surface area contributed by atoms with Gasteiger partial charge in [-0.25, -0.2) is 0 Å². The molecule has 1 saturated heterocycles. The third kappa shape index (κ3) is 1.84. The van der Waals surface area contributed by atoms with Gasteiger partial charge in [0.2, 0.25) is 0 Å². The molecule has 0 saturated carbocycles. The minimum atomic E-state index is -0.827. The third-order valence-electron chi connectivity index (χ3n) is 1.85. The van der Waals surface area contributed by atoms with Crippen LogP contribution in [0.4, 0.5) is 0 Å². The Morgan fingerprint density at radius 3 is 2.33 bits per heavy atom. The molecule has 1 rings (SSSR count). The molecule has 0 aromatic rings. The molecule has 0 aromatic heterocycles. The lowest BCUT2D eigenvalue weighted by molar-refractivity contribution is -0.152. The standard InChI is InChI=1S/C10H14O2/c1-8(2)4-5-9(3)10(11)6-12-7-10/h4-5,11H,1,3,6-7H2,2H3/b5-4-. The quantitative estimate of drug-likeness (QED) is 0.643. The fraction of sp³-hybridized carbons (Fsp3) is 0.400. The smallest absolute Gasteiger partial charge is 0.135 e. The maximum Gasteiger partial charge on any atom is 0.135 e. The highest BCUT2D eigenvalue weighted by molar-refractivity contribution is 5.31. The zero-order chi connectivity index (χ0) is 9.19. The van der Waals surface area contributed by atoms with E-state index in [-0.39, 0.29) is 0 Å². The monoisotopic (exact) mass is 166 g/mol. The van der Waals surface area contributed by atoms with E-state index >= 15 is 0 Å². The lowest BCUT2D eigenvalue weighted by Crippen LogP contribution is -2.50. The van der Waals surface area contributed by atoms with Gasteiger partial charge in [0, 0.05) is 0 Å². The average molecular weight is 166 g/mol. The van der Waals surface area contributed by atoms with E-state index in [2.05, 4.69) is 13.2 Å². The Hall–Kier alpha value is -0.860. The molecule has 0 spiro atoms. The first-order valence-corrected chi connectivity index (χ1v) is 3.88. The average Bonchev–Trinajstić information content (AvgIpc) is 1.95. The van der Waals surface area contributed by atoms with E-state index in [0.29, 0.717) is 18.8 Å². The zero-order valence-corrected chi connectivity index (χ0v) is 7.34. The van der Waals surface area contributed by atoms with E-state index in [1.54, 1.807) is 6.08 Å². The van der Waals surface area contributed by atoms with Gasteiger partial charge in [0.25, 0.3) is 0 Å². The Balaban J connectivity index is 2.53. The molecule has 1 aliphatic heterocycles. The highest BCUT2D eigenvalue weighted by atomic mass is 16.5. The summed E-state index contributed by atoms with van der Waals surface area (Å²) < 4.78 is 4.90. The van der Waals surface area contributed by atoms with Crippen molar-refractivity contribution in [3.63, 3.8) is 0 Å². The van der Waals surface area contributed by atoms with Crippen LogP contribution in [0.3, 0.4) is 0 Å². The largest absolute Gasteiger partial charge is 0.380 e. The van der Waals surface area contributed by atoms with E-state index in [1.807, 2.05) is 13.0 Å². The number of hydrogen-bond acceptors (Lipinski definition) is 2. The van der Waals surface area contributed by atoms with Crippen molar-refractivity contribution in [3.05, 3.63) is 36.5 Å². The van der Waals surface area contributed by atoms with Gasteiger partial charge in [-0.1, -0.05) is 30.9 Å². The van der Waals surface area contributed by atoms with Gasteiger partial charge in [-0.2, -0.15) is 0 Å². The summed E-state index contributed by atoms with van der Waals surface area (Å²) in [5.41, 5.74) is 0.808. The molecule has 0 aliphatic carbocycles. The molecule has 0 unspecified atom stereocenters. The molecule has 0 atom stereocenters. The highest BCUT2D eigenvalue weighted by Crippen LogP contribution is 2.25. The molecular weight excluding hydrogens is 152 g/mol. The summed E-state index contributed by atoms with van der Waals surface area (Å²) in [6.07, 6.45) is 3.61. The van der Waals surface area contributed by atoms with Crippen LogP contribution in [0.1, 0.15) is 6.92 Å². The van der Waals surface area contributed by atoms with Crippen molar-refractivity contribution in [2.24, 2.45) is 0 Å². The number of ether oxygens (including phenoxy) is 1. The Bertz CT molecular complexity index is 234. The van der Waals surface area contributed by atoms with Crippen LogP contribution < -0.4 is 0 Å². The summed E-state index contributed by atoms with van der Waals surface area (Å²) in [6.45, 7) is 10.1. The second kappa shape index (κ2) is 3.25. The summed E-state index contributed by atoms with van der Waals surface area (Å²) in [5, 5.41) is 9.69. The Kier molecular flexibility index (Phi) is 2.50. The van der Waals surface area contributed by atoms with Crippen LogP contribution in [0.5, 0.6) is 0 Å². The topological polar surface area (TPSA) is 29.5 Å². The molecule has 66 valence electrons. The van der Waals surface area contributed by atoms with Crippen LogP contribution in [-0.4, -0.2) is 23.9 Å². The maximum absolute atomic E-state index is 9.69. The van der Waals surface area contributed by atoms with E-state index in [1.165, 1.54) is 0 Å². The molecule has 1 aliphatic rings. The van der Waals surface area contributed by atoms with Crippen molar-refractivity contribution < 1.29 is 9.84 Å². The number of aliphatic hydroxyl groups is 1. The Labute approximate surface area is 72.9 Å². The van der Waals surface area contributed by atoms with E-state index in [9.17, 15) is 5.11 Å². The molecular formula is C10H14O2. The van der Waals surface area contributed by atoms with E-state index < -0.39 is 5.60 Å². The normalized spacial score (nSPS) is 20.5. The van der Waals surface area contributed by atoms with Gasteiger partial charge in [-0.3, -0.25) is 0 Å². The van der Waals surface area contributed by atoms with E-state index in [4.69, 9.17) is 4.74 Å². The lowest BCUT2D eigenvalue weighted by Gasteiger charge is -2.36. The Morgan fingerprint density at radius 1 is 1.42 bits per heavy atom. The first-order chi connectivity index (χ1) is 5.54. The number of allylic oxidation sites excluding steroid dienone is 2. The molecule has 0 bridgehead atoms. The second-order valence-electron chi connectivity index (χ2n) is 3.23. The first-order valence-electron chi connectivity index (χ1n) is 3.88. The van der Waals surface area contributed by atoms with Crippen LogP contribution in [-0.2, 0) is 4.74 Å². The summed E-state index contributed by atoms with van der Waals surface area (Å²) >= 11 is 0. The summed E-state index contributed by atoms with van der Waals surface area (Å²) in [7, 11) is 0. The van der Waals surface area contributed by atoms with Crippen molar-refractivity contribution in [1.82, 2.24) is 0 Å². The predicted molar refractivity (Wildman–Crippen MR) is 48.9 cm³/mol. The summed E-state index contributed by atoms with van der Waals surface area (Å²) in [5.74, 6) is 0. The molecule has 2 nitrogen and oxygen atoms in total. The molecule has 0 aromatic carbocycles. The van der Waals surface area contributed by atoms with Crippen LogP contribution >= 0.6 is 0 Å². The SMILES string of the molecule is C=C(C)/C=C\C(=C)C1(O)COC1. The molecule has 0 radical (unpaired) electrons. The van der Waals surface area contributed by atoms with Crippen LogP contribution in [0, 0.1) is 0 Å². The number of hydrogen-bond donors (Lipinski definition) is 1. The first kappa shape index (κ1) is 9.23. The fourth-order valence-electron chi connectivity index (χ4n) is 0.879. The second-order valence-corrected chi connectivity index (χ2v) is 3.23. The van der Waals surface area contributed by atoms with E-state index in [0.717, 1.165) is 5.57 Å². The molecule has 1 N–H and O–H groups in total. The van der Waals surface area contributed by atoms with Crippen molar-refractivity contribution in [1.29, 1.82) is 0 Å². The van der Waals surface area contributed by atoms with Gasteiger partial charge in [-0.05, 0) is 12.5 Å². The Morgan fingerprint density at radius 2 is 2.00 bits per heavy atom. The van der Waals surface area contributed by atoms with Crippen LogP contribution in [0.15, 0.2) is 36.5 Å². The highest BCUT2D eigenvalue weighted by Gasteiger charge is 2.37. The van der Waals surface area contributed by atoms with Crippen molar-refractivity contribution >= 4 is 0 Å². The molecule has 12 heavy (non-hydrogen) atoms. The summed E-state index contributed by atoms with van der Waals surface area (Å²) in [4.78, 5) is 0. The van der Waals surface area contributed by atoms with Crippen LogP contribution in [0.2, 0.25) is 0 Å². The van der Waals surface area contributed by atoms with Crippen LogP contribution in [0.25, 0.3) is 0 Å².